The van der Waals surface area contributed by atoms with Gasteiger partial charge in [0.15, 0.2) is 6.10 Å². The summed E-state index contributed by atoms with van der Waals surface area (Å²) in [4.78, 5) is 12.2. The Morgan fingerprint density at radius 1 is 1.24 bits per heavy atom. The number of benzene rings is 2. The van der Waals surface area contributed by atoms with Crippen molar-refractivity contribution in [1.29, 1.82) is 0 Å². The van der Waals surface area contributed by atoms with E-state index in [2.05, 4.69) is 5.32 Å². The third-order valence-electron chi connectivity index (χ3n) is 3.12. The van der Waals surface area contributed by atoms with E-state index in [1.807, 2.05) is 13.0 Å². The smallest absolute Gasteiger partial charge is 0.265 e. The van der Waals surface area contributed by atoms with Crippen LogP contribution in [0.1, 0.15) is 12.5 Å². The van der Waals surface area contributed by atoms with Crippen LogP contribution in [0.4, 0.5) is 11.4 Å². The third-order valence-corrected chi connectivity index (χ3v) is 3.53. The minimum absolute atomic E-state index is 0.261. The van der Waals surface area contributed by atoms with Gasteiger partial charge in [0.05, 0.1) is 5.69 Å². The molecule has 2 rings (SSSR count). The molecule has 0 aliphatic heterocycles. The van der Waals surface area contributed by atoms with Gasteiger partial charge in [0.25, 0.3) is 5.91 Å². The highest BCUT2D eigenvalue weighted by atomic mass is 35.5. The van der Waals surface area contributed by atoms with E-state index in [9.17, 15) is 4.79 Å². The second kappa shape index (κ2) is 6.50. The van der Waals surface area contributed by atoms with Gasteiger partial charge in [-0.25, -0.2) is 0 Å². The number of nitrogen functional groups attached to an aromatic ring is 1. The fourth-order valence-electron chi connectivity index (χ4n) is 1.81. The molecule has 1 amide bonds. The molecule has 21 heavy (non-hydrogen) atoms. The lowest BCUT2D eigenvalue weighted by atomic mass is 10.2. The highest BCUT2D eigenvalue weighted by Gasteiger charge is 2.17. The zero-order chi connectivity index (χ0) is 15.4. The summed E-state index contributed by atoms with van der Waals surface area (Å²) in [6, 6.07) is 12.4. The van der Waals surface area contributed by atoms with Gasteiger partial charge >= 0.3 is 0 Å². The molecule has 0 saturated carbocycles. The Balaban J connectivity index is 2.06. The largest absolute Gasteiger partial charge is 0.479 e. The summed E-state index contributed by atoms with van der Waals surface area (Å²) in [6.07, 6.45) is -0.673. The van der Waals surface area contributed by atoms with E-state index in [0.717, 1.165) is 5.56 Å². The number of hydrogen-bond acceptors (Lipinski definition) is 3. The Morgan fingerprint density at radius 3 is 2.67 bits per heavy atom. The number of anilines is 2. The van der Waals surface area contributed by atoms with Crippen molar-refractivity contribution in [1.82, 2.24) is 0 Å². The molecule has 3 N–H and O–H groups in total. The molecule has 0 aromatic heterocycles. The van der Waals surface area contributed by atoms with E-state index >= 15 is 0 Å². The van der Waals surface area contributed by atoms with Crippen molar-refractivity contribution >= 4 is 28.9 Å². The van der Waals surface area contributed by atoms with Crippen LogP contribution in [0.5, 0.6) is 5.75 Å². The standard InChI is InChI=1S/C16H17ClN2O2/c1-10-12(17)6-5-8-14(10)19-16(20)11(2)21-15-9-4-3-7-13(15)18/h3-9,11H,18H2,1-2H3,(H,19,20). The summed E-state index contributed by atoms with van der Waals surface area (Å²) < 4.78 is 5.58. The van der Waals surface area contributed by atoms with Crippen LogP contribution in [0.25, 0.3) is 0 Å². The van der Waals surface area contributed by atoms with E-state index in [0.29, 0.717) is 22.1 Å². The van der Waals surface area contributed by atoms with Gasteiger partial charge in [-0.2, -0.15) is 0 Å². The Kier molecular flexibility index (Phi) is 4.70. The van der Waals surface area contributed by atoms with Gasteiger partial charge in [0, 0.05) is 10.7 Å². The van der Waals surface area contributed by atoms with Crippen molar-refractivity contribution in [3.05, 3.63) is 53.1 Å². The topological polar surface area (TPSA) is 64.3 Å². The average molecular weight is 305 g/mol. The molecule has 0 aliphatic carbocycles. The second-order valence-electron chi connectivity index (χ2n) is 4.70. The van der Waals surface area contributed by atoms with Gasteiger partial charge < -0.3 is 15.8 Å². The van der Waals surface area contributed by atoms with Gasteiger partial charge in [-0.15, -0.1) is 0 Å². The lowest BCUT2D eigenvalue weighted by Gasteiger charge is -2.17. The molecule has 4 nitrogen and oxygen atoms in total. The second-order valence-corrected chi connectivity index (χ2v) is 5.11. The zero-order valence-corrected chi connectivity index (χ0v) is 12.6. The first-order chi connectivity index (χ1) is 9.99. The van der Waals surface area contributed by atoms with Crippen LogP contribution >= 0.6 is 11.6 Å². The lowest BCUT2D eigenvalue weighted by molar-refractivity contribution is -0.122. The first kappa shape index (κ1) is 15.2. The molecule has 1 atom stereocenters. The van der Waals surface area contributed by atoms with Crippen LogP contribution in [0, 0.1) is 6.92 Å². The predicted molar refractivity (Wildman–Crippen MR) is 85.8 cm³/mol. The minimum atomic E-state index is -0.673. The molecule has 2 aromatic carbocycles. The fourth-order valence-corrected chi connectivity index (χ4v) is 1.98. The van der Waals surface area contributed by atoms with Gasteiger partial charge in [-0.3, -0.25) is 4.79 Å². The van der Waals surface area contributed by atoms with Gasteiger partial charge in [-0.05, 0) is 43.7 Å². The van der Waals surface area contributed by atoms with Crippen molar-refractivity contribution in [2.24, 2.45) is 0 Å². The maximum Gasteiger partial charge on any atom is 0.265 e. The maximum atomic E-state index is 12.2. The molecule has 0 saturated heterocycles. The lowest BCUT2D eigenvalue weighted by Crippen LogP contribution is -2.30. The molecule has 0 fully saturated rings. The number of carbonyl (C=O) groups is 1. The molecule has 5 heteroatoms. The third kappa shape index (κ3) is 3.67. The van der Waals surface area contributed by atoms with Crippen LogP contribution in [0.15, 0.2) is 42.5 Å². The monoisotopic (exact) mass is 304 g/mol. The Morgan fingerprint density at radius 2 is 1.95 bits per heavy atom. The molecule has 0 heterocycles. The van der Waals surface area contributed by atoms with E-state index < -0.39 is 6.10 Å². The van der Waals surface area contributed by atoms with Crippen molar-refractivity contribution in [2.75, 3.05) is 11.1 Å². The molecule has 0 spiro atoms. The molecule has 0 bridgehead atoms. The Bertz CT molecular complexity index is 658. The van der Waals surface area contributed by atoms with Gasteiger partial charge in [-0.1, -0.05) is 29.8 Å². The van der Waals surface area contributed by atoms with E-state index in [1.165, 1.54) is 0 Å². The number of ether oxygens (including phenoxy) is 1. The number of nitrogens with one attached hydrogen (secondary N) is 1. The number of halogens is 1. The molecule has 2 aromatic rings. The predicted octanol–water partition coefficient (Wildman–Crippen LogP) is 3.64. The van der Waals surface area contributed by atoms with Crippen LogP contribution in [0.3, 0.4) is 0 Å². The summed E-state index contributed by atoms with van der Waals surface area (Å²) in [5.41, 5.74) is 7.78. The first-order valence-electron chi connectivity index (χ1n) is 6.56. The molecular formula is C16H17ClN2O2. The Labute approximate surface area is 128 Å². The summed E-state index contributed by atoms with van der Waals surface area (Å²) in [6.45, 7) is 3.51. The quantitative estimate of drug-likeness (QED) is 0.848. The molecule has 110 valence electrons. The summed E-state index contributed by atoms with van der Waals surface area (Å²) in [5.74, 6) is 0.228. The van der Waals surface area contributed by atoms with Crippen LogP contribution < -0.4 is 15.8 Å². The Hall–Kier alpha value is -2.20. The first-order valence-corrected chi connectivity index (χ1v) is 6.94. The van der Waals surface area contributed by atoms with Crippen LogP contribution in [-0.2, 0) is 4.79 Å². The van der Waals surface area contributed by atoms with Crippen molar-refractivity contribution in [2.45, 2.75) is 20.0 Å². The number of rotatable bonds is 4. The zero-order valence-electron chi connectivity index (χ0n) is 11.9. The van der Waals surface area contributed by atoms with Crippen LogP contribution in [0.2, 0.25) is 5.02 Å². The van der Waals surface area contributed by atoms with Crippen molar-refractivity contribution in [3.8, 4) is 5.75 Å². The fraction of sp³-hybridized carbons (Fsp3) is 0.188. The number of hydrogen-bond donors (Lipinski definition) is 2. The molecule has 0 aliphatic rings. The highest BCUT2D eigenvalue weighted by Crippen LogP contribution is 2.24. The van der Waals surface area contributed by atoms with Gasteiger partial charge in [0.2, 0.25) is 0 Å². The SMILES string of the molecule is Cc1c(Cl)cccc1NC(=O)C(C)Oc1ccccc1N. The van der Waals surface area contributed by atoms with E-state index in [1.54, 1.807) is 43.3 Å². The highest BCUT2D eigenvalue weighted by molar-refractivity contribution is 6.31. The number of amides is 1. The number of nitrogens with two attached hydrogens (primary N) is 1. The minimum Gasteiger partial charge on any atom is -0.479 e. The van der Waals surface area contributed by atoms with Gasteiger partial charge in [0.1, 0.15) is 5.75 Å². The summed E-state index contributed by atoms with van der Waals surface area (Å²) >= 11 is 6.03. The molecule has 0 radical (unpaired) electrons. The summed E-state index contributed by atoms with van der Waals surface area (Å²) in [5, 5.41) is 3.41. The molecular weight excluding hydrogens is 288 g/mol. The summed E-state index contributed by atoms with van der Waals surface area (Å²) in [7, 11) is 0. The normalized spacial score (nSPS) is 11.8. The average Bonchev–Trinajstić information content (AvgIpc) is 2.46. The van der Waals surface area contributed by atoms with Crippen molar-refractivity contribution in [3.63, 3.8) is 0 Å². The number of carbonyl (C=O) groups excluding carboxylic acids is 1. The number of para-hydroxylation sites is 2. The van der Waals surface area contributed by atoms with E-state index in [-0.39, 0.29) is 5.91 Å². The van der Waals surface area contributed by atoms with Crippen molar-refractivity contribution < 1.29 is 9.53 Å². The van der Waals surface area contributed by atoms with E-state index in [4.69, 9.17) is 22.1 Å². The maximum absolute atomic E-state index is 12.2. The molecule has 1 unspecified atom stereocenters. The van der Waals surface area contributed by atoms with Crippen LogP contribution in [-0.4, -0.2) is 12.0 Å².